The van der Waals surface area contributed by atoms with E-state index in [2.05, 4.69) is 27.9 Å². The summed E-state index contributed by atoms with van der Waals surface area (Å²) in [4.78, 5) is 28.6. The topological polar surface area (TPSA) is 86.8 Å². The number of sulfonamides is 1. The van der Waals surface area contributed by atoms with Gasteiger partial charge in [0, 0.05) is 16.2 Å². The second-order valence-corrected chi connectivity index (χ2v) is 13.1. The third-order valence-corrected chi connectivity index (χ3v) is 9.12. The molecule has 0 aliphatic heterocycles. The van der Waals surface area contributed by atoms with E-state index >= 15 is 0 Å². The van der Waals surface area contributed by atoms with E-state index in [-0.39, 0.29) is 23.4 Å². The molecule has 3 aromatic rings. The Morgan fingerprint density at radius 1 is 0.949 bits per heavy atom. The number of rotatable bonds is 11. The van der Waals surface area contributed by atoms with Crippen LogP contribution in [-0.4, -0.2) is 43.8 Å². The molecule has 11 heteroatoms. The van der Waals surface area contributed by atoms with Crippen molar-refractivity contribution in [3.63, 3.8) is 0 Å². The van der Waals surface area contributed by atoms with Crippen LogP contribution in [0.4, 0.5) is 5.69 Å². The number of halogens is 3. The number of carbonyl (C=O) groups excluding carboxylic acids is 2. The summed E-state index contributed by atoms with van der Waals surface area (Å²) in [5.74, 6) is -0.863. The van der Waals surface area contributed by atoms with Crippen molar-refractivity contribution in [3.8, 4) is 0 Å². The minimum absolute atomic E-state index is 0.0334. The zero-order valence-electron chi connectivity index (χ0n) is 21.8. The van der Waals surface area contributed by atoms with Gasteiger partial charge >= 0.3 is 0 Å². The summed E-state index contributed by atoms with van der Waals surface area (Å²) < 4.78 is 29.5. The number of hydrogen-bond acceptors (Lipinski definition) is 4. The van der Waals surface area contributed by atoms with Crippen LogP contribution in [0, 0.1) is 3.57 Å². The number of nitrogens with one attached hydrogen (secondary N) is 1. The van der Waals surface area contributed by atoms with Gasteiger partial charge in [-0.1, -0.05) is 54.4 Å². The smallest absolute Gasteiger partial charge is 0.264 e. The van der Waals surface area contributed by atoms with Crippen LogP contribution in [0.2, 0.25) is 10.0 Å². The largest absolute Gasteiger partial charge is 0.352 e. The molecule has 1 N–H and O–H groups in total. The van der Waals surface area contributed by atoms with Crippen LogP contribution >= 0.6 is 45.8 Å². The van der Waals surface area contributed by atoms with Gasteiger partial charge in [0.1, 0.15) is 12.6 Å². The highest BCUT2D eigenvalue weighted by Crippen LogP contribution is 2.27. The molecule has 1 atom stereocenters. The molecular weight excluding hydrogens is 672 g/mol. The van der Waals surface area contributed by atoms with Gasteiger partial charge in [0.05, 0.1) is 20.6 Å². The molecular formula is C28H30Cl2IN3O4S. The van der Waals surface area contributed by atoms with Gasteiger partial charge in [-0.25, -0.2) is 8.42 Å². The number of anilines is 1. The Morgan fingerprint density at radius 2 is 1.59 bits per heavy atom. The molecule has 0 radical (unpaired) electrons. The van der Waals surface area contributed by atoms with Crippen molar-refractivity contribution in [2.75, 3.05) is 10.8 Å². The highest BCUT2D eigenvalue weighted by molar-refractivity contribution is 14.1. The van der Waals surface area contributed by atoms with Crippen molar-refractivity contribution in [2.24, 2.45) is 0 Å². The fraction of sp³-hybridized carbons (Fsp3) is 0.286. The highest BCUT2D eigenvalue weighted by Gasteiger charge is 2.33. The Hall–Kier alpha value is -2.34. The predicted octanol–water partition coefficient (Wildman–Crippen LogP) is 6.13. The Bertz CT molecular complexity index is 1400. The van der Waals surface area contributed by atoms with Crippen molar-refractivity contribution < 1.29 is 18.0 Å². The van der Waals surface area contributed by atoms with E-state index in [1.165, 1.54) is 17.0 Å². The van der Waals surface area contributed by atoms with Gasteiger partial charge in [-0.05, 0) is 97.0 Å². The molecule has 0 spiro atoms. The van der Waals surface area contributed by atoms with Gasteiger partial charge in [0.15, 0.2) is 0 Å². The number of hydrogen-bond donors (Lipinski definition) is 1. The lowest BCUT2D eigenvalue weighted by Gasteiger charge is -2.33. The van der Waals surface area contributed by atoms with Crippen LogP contribution in [0.1, 0.15) is 32.8 Å². The molecule has 0 bridgehead atoms. The second-order valence-electron chi connectivity index (χ2n) is 9.16. The fourth-order valence-electron chi connectivity index (χ4n) is 3.99. The quantitative estimate of drug-likeness (QED) is 0.244. The Labute approximate surface area is 253 Å². The Morgan fingerprint density at radius 3 is 2.15 bits per heavy atom. The van der Waals surface area contributed by atoms with Crippen LogP contribution in [0.3, 0.4) is 0 Å². The summed E-state index contributed by atoms with van der Waals surface area (Å²) in [6.45, 7) is 4.99. The molecule has 0 aromatic heterocycles. The zero-order valence-corrected chi connectivity index (χ0v) is 26.3. The van der Waals surface area contributed by atoms with Gasteiger partial charge in [0.25, 0.3) is 10.0 Å². The monoisotopic (exact) mass is 701 g/mol. The third kappa shape index (κ3) is 8.09. The summed E-state index contributed by atoms with van der Waals surface area (Å²) in [5.41, 5.74) is 0.988. The summed E-state index contributed by atoms with van der Waals surface area (Å²) in [6, 6.07) is 18.8. The van der Waals surface area contributed by atoms with Gasteiger partial charge in [-0.3, -0.25) is 13.9 Å². The lowest BCUT2D eigenvalue weighted by molar-refractivity contribution is -0.140. The van der Waals surface area contributed by atoms with E-state index in [1.54, 1.807) is 67.6 Å². The Kier molecular flexibility index (Phi) is 11.1. The molecule has 0 aliphatic rings. The first-order valence-electron chi connectivity index (χ1n) is 12.3. The average molecular weight is 702 g/mol. The normalized spacial score (nSPS) is 12.2. The summed E-state index contributed by atoms with van der Waals surface area (Å²) in [6.07, 6.45) is 0.320. The van der Waals surface area contributed by atoms with E-state index in [0.717, 1.165) is 7.88 Å². The lowest BCUT2D eigenvalue weighted by atomic mass is 10.1. The molecule has 3 aromatic carbocycles. The molecule has 0 saturated carbocycles. The first-order valence-corrected chi connectivity index (χ1v) is 15.6. The Balaban J connectivity index is 2.06. The molecule has 0 unspecified atom stereocenters. The predicted molar refractivity (Wildman–Crippen MR) is 165 cm³/mol. The van der Waals surface area contributed by atoms with Crippen molar-refractivity contribution in [2.45, 2.75) is 50.7 Å². The minimum atomic E-state index is -4.11. The maximum atomic E-state index is 14.0. The molecule has 0 heterocycles. The minimum Gasteiger partial charge on any atom is -0.352 e. The molecule has 39 heavy (non-hydrogen) atoms. The lowest BCUT2D eigenvalue weighted by Crippen LogP contribution is -2.53. The SMILES string of the molecule is CC[C@@H](C(=O)NC(C)C)N(Cc1ccc(Cl)c(Cl)c1)C(=O)CN(c1ccc(I)cc1)S(=O)(=O)c1ccccc1. The number of benzene rings is 3. The standard InChI is InChI=1S/C28H30Cl2IN3O4S/c1-4-26(28(36)32-19(2)3)33(17-20-10-15-24(29)25(30)16-20)27(35)18-34(22-13-11-21(31)12-14-22)39(37,38)23-8-6-5-7-9-23/h5-16,19,26H,4,17-18H2,1-3H3,(H,32,36)/t26-/m0/s1. The average Bonchev–Trinajstić information content (AvgIpc) is 2.89. The molecule has 0 saturated heterocycles. The van der Waals surface area contributed by atoms with Crippen molar-refractivity contribution in [1.82, 2.24) is 10.2 Å². The van der Waals surface area contributed by atoms with Crippen LogP contribution in [-0.2, 0) is 26.2 Å². The number of carbonyl (C=O) groups is 2. The number of amides is 2. The maximum Gasteiger partial charge on any atom is 0.264 e. The van der Waals surface area contributed by atoms with Crippen molar-refractivity contribution in [1.29, 1.82) is 0 Å². The molecule has 0 fully saturated rings. The summed E-state index contributed by atoms with van der Waals surface area (Å²) in [5, 5.41) is 3.55. The van der Waals surface area contributed by atoms with E-state index in [1.807, 2.05) is 13.8 Å². The maximum absolute atomic E-state index is 14.0. The zero-order chi connectivity index (χ0) is 28.7. The van der Waals surface area contributed by atoms with Gasteiger partial charge in [-0.15, -0.1) is 0 Å². The van der Waals surface area contributed by atoms with Crippen LogP contribution < -0.4 is 9.62 Å². The number of nitrogens with zero attached hydrogens (tertiary/aromatic N) is 2. The molecule has 208 valence electrons. The summed E-state index contributed by atoms with van der Waals surface area (Å²) in [7, 11) is -4.11. The van der Waals surface area contributed by atoms with E-state index in [4.69, 9.17) is 23.2 Å². The third-order valence-electron chi connectivity index (χ3n) is 5.88. The molecule has 3 rings (SSSR count). The van der Waals surface area contributed by atoms with Crippen molar-refractivity contribution >= 4 is 73.3 Å². The fourth-order valence-corrected chi connectivity index (χ4v) is 6.11. The van der Waals surface area contributed by atoms with Gasteiger partial charge in [-0.2, -0.15) is 0 Å². The van der Waals surface area contributed by atoms with Crippen LogP contribution in [0.15, 0.2) is 77.7 Å². The van der Waals surface area contributed by atoms with Gasteiger partial charge in [0.2, 0.25) is 11.8 Å². The van der Waals surface area contributed by atoms with E-state index < -0.39 is 28.5 Å². The highest BCUT2D eigenvalue weighted by atomic mass is 127. The molecule has 2 amide bonds. The molecule has 7 nitrogen and oxygen atoms in total. The summed E-state index contributed by atoms with van der Waals surface area (Å²) >= 11 is 14.4. The first-order chi connectivity index (χ1) is 18.4. The van der Waals surface area contributed by atoms with Crippen LogP contribution in [0.5, 0.6) is 0 Å². The molecule has 0 aliphatic carbocycles. The first kappa shape index (κ1) is 31.2. The van der Waals surface area contributed by atoms with E-state index in [9.17, 15) is 18.0 Å². The van der Waals surface area contributed by atoms with E-state index in [0.29, 0.717) is 27.7 Å². The van der Waals surface area contributed by atoms with Crippen molar-refractivity contribution in [3.05, 3.63) is 92.0 Å². The van der Waals surface area contributed by atoms with Gasteiger partial charge < -0.3 is 10.2 Å². The second kappa shape index (κ2) is 13.8. The van der Waals surface area contributed by atoms with Crippen LogP contribution in [0.25, 0.3) is 0 Å².